The van der Waals surface area contributed by atoms with Crippen LogP contribution >= 0.6 is 11.3 Å². The lowest BCUT2D eigenvalue weighted by Crippen LogP contribution is -2.27. The lowest BCUT2D eigenvalue weighted by molar-refractivity contribution is 0.278. The zero-order valence-corrected chi connectivity index (χ0v) is 11.5. The van der Waals surface area contributed by atoms with Crippen molar-refractivity contribution in [3.63, 3.8) is 0 Å². The minimum Gasteiger partial charge on any atom is -0.391 e. The molecule has 0 atom stereocenters. The van der Waals surface area contributed by atoms with Crippen molar-refractivity contribution in [3.05, 3.63) is 45.6 Å². The quantitative estimate of drug-likeness (QED) is 0.934. The number of hydrogen-bond donors (Lipinski definition) is 1. The maximum absolute atomic E-state index is 12.5. The van der Waals surface area contributed by atoms with E-state index in [0.717, 1.165) is 23.4 Å². The summed E-state index contributed by atoms with van der Waals surface area (Å²) in [6.07, 6.45) is 4.50. The Hall–Kier alpha value is -1.39. The normalized spacial score (nSPS) is 16.1. The van der Waals surface area contributed by atoms with Gasteiger partial charge in [0.2, 0.25) is 0 Å². The van der Waals surface area contributed by atoms with Gasteiger partial charge in [0.1, 0.15) is 0 Å². The van der Waals surface area contributed by atoms with Crippen LogP contribution in [0, 0.1) is 0 Å². The first-order valence-electron chi connectivity index (χ1n) is 6.70. The predicted octanol–water partition coefficient (Wildman–Crippen LogP) is 3.18. The molecule has 2 heterocycles. The monoisotopic (exact) mass is 275 g/mol. The lowest BCUT2D eigenvalue weighted by Gasteiger charge is -2.19. The molecule has 1 fully saturated rings. The highest BCUT2D eigenvalue weighted by Crippen LogP contribution is 2.33. The molecule has 1 N–H and O–H groups in total. The first-order chi connectivity index (χ1) is 9.31. The van der Waals surface area contributed by atoms with Crippen LogP contribution < -0.4 is 5.56 Å². The van der Waals surface area contributed by atoms with Crippen molar-refractivity contribution in [2.24, 2.45) is 0 Å². The number of rotatable bonds is 3. The molecule has 0 aliphatic heterocycles. The summed E-state index contributed by atoms with van der Waals surface area (Å²) < 4.78 is 1.91. The van der Waals surface area contributed by atoms with E-state index >= 15 is 0 Å². The van der Waals surface area contributed by atoms with Gasteiger partial charge in [0.05, 0.1) is 17.2 Å². The van der Waals surface area contributed by atoms with Gasteiger partial charge in [-0.05, 0) is 36.4 Å². The number of aromatic nitrogens is 1. The summed E-state index contributed by atoms with van der Waals surface area (Å²) in [7, 11) is 0. The van der Waals surface area contributed by atoms with Gasteiger partial charge in [-0.25, -0.2) is 0 Å². The van der Waals surface area contributed by atoms with Gasteiger partial charge >= 0.3 is 0 Å². The highest BCUT2D eigenvalue weighted by atomic mass is 32.1. The molecule has 0 unspecified atom stereocenters. The van der Waals surface area contributed by atoms with Crippen LogP contribution in [0.5, 0.6) is 0 Å². The number of aliphatic hydroxyl groups is 1. The van der Waals surface area contributed by atoms with Crippen LogP contribution in [0.15, 0.2) is 34.4 Å². The van der Waals surface area contributed by atoms with E-state index < -0.39 is 0 Å². The summed E-state index contributed by atoms with van der Waals surface area (Å²) in [6, 6.07) is 8.06. The molecule has 100 valence electrons. The molecule has 0 radical (unpaired) electrons. The van der Waals surface area contributed by atoms with E-state index in [9.17, 15) is 9.90 Å². The average Bonchev–Trinajstić information content (AvgIpc) is 3.11. The molecule has 2 aromatic rings. The van der Waals surface area contributed by atoms with Crippen LogP contribution in [0.25, 0.3) is 10.6 Å². The summed E-state index contributed by atoms with van der Waals surface area (Å²) in [5.74, 6) is 0. The van der Waals surface area contributed by atoms with E-state index in [1.165, 1.54) is 12.8 Å². The predicted molar refractivity (Wildman–Crippen MR) is 77.4 cm³/mol. The molecule has 0 bridgehead atoms. The second-order valence-electron chi connectivity index (χ2n) is 4.99. The Balaban J connectivity index is 2.18. The molecule has 0 aromatic carbocycles. The Morgan fingerprint density at radius 1 is 1.26 bits per heavy atom. The number of aliphatic hydroxyl groups excluding tert-OH is 1. The van der Waals surface area contributed by atoms with Crippen LogP contribution in [-0.2, 0) is 6.61 Å². The van der Waals surface area contributed by atoms with Crippen LogP contribution in [0.4, 0.5) is 0 Å². The fourth-order valence-electron chi connectivity index (χ4n) is 2.87. The molecule has 19 heavy (non-hydrogen) atoms. The van der Waals surface area contributed by atoms with E-state index in [1.807, 2.05) is 28.1 Å². The standard InChI is InChI=1S/C15H17NO2S/c17-10-11-7-8-13(14-6-3-9-19-14)16(15(11)18)12-4-1-2-5-12/h3,6-9,12,17H,1-2,4-5,10H2. The number of thiophene rings is 1. The van der Waals surface area contributed by atoms with E-state index in [4.69, 9.17) is 0 Å². The average molecular weight is 275 g/mol. The second-order valence-corrected chi connectivity index (χ2v) is 5.94. The third-order valence-corrected chi connectivity index (χ3v) is 4.72. The largest absolute Gasteiger partial charge is 0.391 e. The highest BCUT2D eigenvalue weighted by Gasteiger charge is 2.22. The minimum atomic E-state index is -0.184. The maximum Gasteiger partial charge on any atom is 0.256 e. The van der Waals surface area contributed by atoms with Gasteiger partial charge in [0, 0.05) is 11.6 Å². The molecule has 1 aliphatic carbocycles. The molecule has 3 rings (SSSR count). The Morgan fingerprint density at radius 3 is 2.68 bits per heavy atom. The molecular formula is C15H17NO2S. The van der Waals surface area contributed by atoms with Crippen molar-refractivity contribution >= 4 is 11.3 Å². The van der Waals surface area contributed by atoms with Gasteiger partial charge in [0.25, 0.3) is 5.56 Å². The Bertz CT molecular complexity index is 610. The van der Waals surface area contributed by atoms with E-state index in [-0.39, 0.29) is 18.2 Å². The van der Waals surface area contributed by atoms with Crippen molar-refractivity contribution in [1.82, 2.24) is 4.57 Å². The molecule has 0 saturated heterocycles. The first-order valence-corrected chi connectivity index (χ1v) is 7.58. The molecule has 4 heteroatoms. The Kier molecular flexibility index (Phi) is 3.53. The zero-order chi connectivity index (χ0) is 13.2. The molecule has 0 spiro atoms. The second kappa shape index (κ2) is 5.31. The summed E-state index contributed by atoms with van der Waals surface area (Å²) >= 11 is 1.65. The van der Waals surface area contributed by atoms with Gasteiger partial charge in [-0.3, -0.25) is 4.79 Å². The number of nitrogens with zero attached hydrogens (tertiary/aromatic N) is 1. The molecular weight excluding hydrogens is 258 g/mol. The zero-order valence-electron chi connectivity index (χ0n) is 10.7. The van der Waals surface area contributed by atoms with Crippen LogP contribution in [-0.4, -0.2) is 9.67 Å². The summed E-state index contributed by atoms with van der Waals surface area (Å²) in [5.41, 5.74) is 1.46. The van der Waals surface area contributed by atoms with Gasteiger partial charge in [-0.1, -0.05) is 18.9 Å². The Morgan fingerprint density at radius 2 is 2.05 bits per heavy atom. The van der Waals surface area contributed by atoms with Crippen molar-refractivity contribution < 1.29 is 5.11 Å². The summed E-state index contributed by atoms with van der Waals surface area (Å²) in [6.45, 7) is -0.184. The van der Waals surface area contributed by atoms with Crippen LogP contribution in [0.2, 0.25) is 0 Å². The lowest BCUT2D eigenvalue weighted by atomic mass is 10.1. The number of hydrogen-bond acceptors (Lipinski definition) is 3. The van der Waals surface area contributed by atoms with E-state index in [1.54, 1.807) is 17.4 Å². The fraction of sp³-hybridized carbons (Fsp3) is 0.400. The smallest absolute Gasteiger partial charge is 0.256 e. The maximum atomic E-state index is 12.5. The van der Waals surface area contributed by atoms with Gasteiger partial charge in [-0.2, -0.15) is 0 Å². The molecule has 1 aliphatic rings. The fourth-order valence-corrected chi connectivity index (χ4v) is 3.61. The van der Waals surface area contributed by atoms with Gasteiger partial charge < -0.3 is 9.67 Å². The van der Waals surface area contributed by atoms with Crippen molar-refractivity contribution in [3.8, 4) is 10.6 Å². The van der Waals surface area contributed by atoms with Crippen molar-refractivity contribution in [2.45, 2.75) is 38.3 Å². The van der Waals surface area contributed by atoms with Gasteiger partial charge in [0.15, 0.2) is 0 Å². The Labute approximate surface area is 116 Å². The summed E-state index contributed by atoms with van der Waals surface area (Å²) in [5, 5.41) is 11.3. The molecule has 0 amide bonds. The third kappa shape index (κ3) is 2.26. The molecule has 2 aromatic heterocycles. The first kappa shape index (κ1) is 12.6. The van der Waals surface area contributed by atoms with Crippen molar-refractivity contribution in [2.75, 3.05) is 0 Å². The van der Waals surface area contributed by atoms with Crippen LogP contribution in [0.1, 0.15) is 37.3 Å². The topological polar surface area (TPSA) is 42.2 Å². The highest BCUT2D eigenvalue weighted by molar-refractivity contribution is 7.13. The van der Waals surface area contributed by atoms with Crippen LogP contribution in [0.3, 0.4) is 0 Å². The van der Waals surface area contributed by atoms with E-state index in [0.29, 0.717) is 5.56 Å². The minimum absolute atomic E-state index is 0.0275. The van der Waals surface area contributed by atoms with Gasteiger partial charge in [-0.15, -0.1) is 11.3 Å². The number of pyridine rings is 1. The van der Waals surface area contributed by atoms with Crippen molar-refractivity contribution in [1.29, 1.82) is 0 Å². The van der Waals surface area contributed by atoms with E-state index in [2.05, 4.69) is 0 Å². The molecule has 1 saturated carbocycles. The summed E-state index contributed by atoms with van der Waals surface area (Å²) in [4.78, 5) is 13.6. The SMILES string of the molecule is O=c1c(CO)ccc(-c2cccs2)n1C1CCCC1. The molecule has 3 nitrogen and oxygen atoms in total. The third-order valence-electron chi connectivity index (χ3n) is 3.83.